The number of hydrogen-bond acceptors (Lipinski definition) is 7. The molecule has 7 nitrogen and oxygen atoms in total. The van der Waals surface area contributed by atoms with Gasteiger partial charge in [0.15, 0.2) is 4.34 Å². The van der Waals surface area contributed by atoms with Crippen molar-refractivity contribution >= 4 is 40.0 Å². The van der Waals surface area contributed by atoms with Crippen LogP contribution in [0.3, 0.4) is 0 Å². The summed E-state index contributed by atoms with van der Waals surface area (Å²) in [5, 5.41) is 9.13. The van der Waals surface area contributed by atoms with Gasteiger partial charge in [-0.25, -0.2) is 0 Å². The Labute approximate surface area is 166 Å². The highest BCUT2D eigenvalue weighted by Gasteiger charge is 2.28. The minimum atomic E-state index is -0.368. The molecule has 2 aromatic rings. The number of benzene rings is 1. The molecule has 0 bridgehead atoms. The Hall–Kier alpha value is -2.13. The zero-order chi connectivity index (χ0) is 19.2. The highest BCUT2D eigenvalue weighted by molar-refractivity contribution is 8.01. The Morgan fingerprint density at radius 1 is 1.19 bits per heavy atom. The molecule has 1 unspecified atom stereocenters. The molecule has 144 valence electrons. The Balaban J connectivity index is 1.57. The Bertz CT molecular complexity index is 775. The van der Waals surface area contributed by atoms with Gasteiger partial charge in [0.05, 0.1) is 11.7 Å². The Morgan fingerprint density at radius 2 is 1.89 bits per heavy atom. The molecule has 2 amide bonds. The van der Waals surface area contributed by atoms with Crippen LogP contribution in [-0.4, -0.2) is 58.8 Å². The Kier molecular flexibility index (Phi) is 6.68. The molecule has 27 heavy (non-hydrogen) atoms. The summed E-state index contributed by atoms with van der Waals surface area (Å²) < 4.78 is 0.734. The van der Waals surface area contributed by atoms with E-state index in [1.54, 1.807) is 0 Å². The van der Waals surface area contributed by atoms with E-state index in [0.29, 0.717) is 13.1 Å². The van der Waals surface area contributed by atoms with Crippen LogP contribution in [0.25, 0.3) is 0 Å². The van der Waals surface area contributed by atoms with Crippen LogP contribution in [0.1, 0.15) is 24.8 Å². The molecule has 1 aromatic carbocycles. The maximum absolute atomic E-state index is 13.0. The van der Waals surface area contributed by atoms with Crippen molar-refractivity contribution in [3.63, 3.8) is 0 Å². The highest BCUT2D eigenvalue weighted by atomic mass is 32.2. The molecular weight excluding hydrogens is 382 g/mol. The van der Waals surface area contributed by atoms with E-state index < -0.39 is 0 Å². The third-order valence-corrected chi connectivity index (χ3v) is 6.64. The first kappa shape index (κ1) is 19.6. The van der Waals surface area contributed by atoms with Crippen molar-refractivity contribution < 1.29 is 9.59 Å². The van der Waals surface area contributed by atoms with Crippen molar-refractivity contribution in [2.45, 2.75) is 23.6 Å². The number of anilines is 1. The van der Waals surface area contributed by atoms with Gasteiger partial charge in [0.25, 0.3) is 0 Å². The lowest BCUT2D eigenvalue weighted by Gasteiger charge is -2.36. The molecule has 0 radical (unpaired) electrons. The number of nitrogens with two attached hydrogens (primary N) is 1. The number of aromatic nitrogens is 2. The lowest BCUT2D eigenvalue weighted by atomic mass is 9.95. The number of amides is 2. The zero-order valence-corrected chi connectivity index (χ0v) is 16.8. The number of piperazine rings is 1. The van der Waals surface area contributed by atoms with Crippen molar-refractivity contribution in [3.8, 4) is 0 Å². The van der Waals surface area contributed by atoms with Gasteiger partial charge in [-0.3, -0.25) is 9.59 Å². The predicted molar refractivity (Wildman–Crippen MR) is 108 cm³/mol. The van der Waals surface area contributed by atoms with E-state index in [-0.39, 0.29) is 23.5 Å². The second-order valence-corrected chi connectivity index (χ2v) is 8.47. The lowest BCUT2D eigenvalue weighted by Crippen LogP contribution is -2.50. The lowest BCUT2D eigenvalue weighted by molar-refractivity contribution is -0.133. The second-order valence-electron chi connectivity index (χ2n) is 6.29. The quantitative estimate of drug-likeness (QED) is 0.708. The standard InChI is InChI=1S/C18H23N5O2S2/c1-2-14(13-6-4-3-5-7-13)16(25)22-8-10-23(11-9-22)17-20-21-18(27-17)26-12-15(19)24/h3-7,14H,2,8-12H2,1H3,(H2,19,24). The third kappa shape index (κ3) is 4.98. The van der Waals surface area contributed by atoms with Gasteiger partial charge in [0, 0.05) is 26.2 Å². The summed E-state index contributed by atoms with van der Waals surface area (Å²) in [4.78, 5) is 27.9. The largest absolute Gasteiger partial charge is 0.369 e. The monoisotopic (exact) mass is 405 g/mol. The van der Waals surface area contributed by atoms with E-state index in [9.17, 15) is 9.59 Å². The average molecular weight is 406 g/mol. The molecule has 1 aliphatic heterocycles. The maximum atomic E-state index is 13.0. The highest BCUT2D eigenvalue weighted by Crippen LogP contribution is 2.29. The van der Waals surface area contributed by atoms with Gasteiger partial charge in [0.2, 0.25) is 16.9 Å². The normalized spacial score (nSPS) is 15.6. The molecule has 1 saturated heterocycles. The Morgan fingerprint density at radius 3 is 2.52 bits per heavy atom. The van der Waals surface area contributed by atoms with E-state index in [1.165, 1.54) is 23.1 Å². The molecule has 3 rings (SSSR count). The number of hydrogen-bond donors (Lipinski definition) is 1. The summed E-state index contributed by atoms with van der Waals surface area (Å²) in [5.41, 5.74) is 6.24. The van der Waals surface area contributed by atoms with Crippen molar-refractivity contribution in [1.82, 2.24) is 15.1 Å². The van der Waals surface area contributed by atoms with Crippen LogP contribution >= 0.6 is 23.1 Å². The molecule has 9 heteroatoms. The molecule has 1 aliphatic rings. The molecule has 1 atom stereocenters. The van der Waals surface area contributed by atoms with Crippen molar-refractivity contribution in [1.29, 1.82) is 0 Å². The molecular formula is C18H23N5O2S2. The average Bonchev–Trinajstić information content (AvgIpc) is 3.17. The van der Waals surface area contributed by atoms with Gasteiger partial charge < -0.3 is 15.5 Å². The van der Waals surface area contributed by atoms with Crippen molar-refractivity contribution in [2.75, 3.05) is 36.8 Å². The molecule has 0 spiro atoms. The number of thioether (sulfide) groups is 1. The third-order valence-electron chi connectivity index (χ3n) is 4.50. The van der Waals surface area contributed by atoms with Crippen LogP contribution in [0.5, 0.6) is 0 Å². The number of primary amides is 1. The summed E-state index contributed by atoms with van der Waals surface area (Å²) in [6.45, 7) is 4.85. The molecule has 0 saturated carbocycles. The minimum Gasteiger partial charge on any atom is -0.369 e. The second kappa shape index (κ2) is 9.18. The number of nitrogens with zero attached hydrogens (tertiary/aromatic N) is 4. The van der Waals surface area contributed by atoms with Gasteiger partial charge in [-0.1, -0.05) is 60.4 Å². The first-order valence-corrected chi connectivity index (χ1v) is 10.7. The van der Waals surface area contributed by atoms with Gasteiger partial charge in [-0.15, -0.1) is 10.2 Å². The number of carbonyl (C=O) groups excluding carboxylic acids is 2. The van der Waals surface area contributed by atoms with Gasteiger partial charge >= 0.3 is 0 Å². The van der Waals surface area contributed by atoms with Crippen LogP contribution in [-0.2, 0) is 9.59 Å². The van der Waals surface area contributed by atoms with Crippen LogP contribution in [0, 0.1) is 0 Å². The number of carbonyl (C=O) groups is 2. The van der Waals surface area contributed by atoms with Gasteiger partial charge in [-0.2, -0.15) is 0 Å². The van der Waals surface area contributed by atoms with Crippen LogP contribution in [0.2, 0.25) is 0 Å². The van der Waals surface area contributed by atoms with E-state index in [4.69, 9.17) is 5.73 Å². The first-order valence-electron chi connectivity index (χ1n) is 8.91. The van der Waals surface area contributed by atoms with E-state index in [2.05, 4.69) is 22.0 Å². The fourth-order valence-electron chi connectivity index (χ4n) is 3.10. The SMILES string of the molecule is CCC(C(=O)N1CCN(c2nnc(SCC(N)=O)s2)CC1)c1ccccc1. The van der Waals surface area contributed by atoms with Crippen LogP contribution in [0.15, 0.2) is 34.7 Å². The molecule has 1 fully saturated rings. The molecule has 0 aliphatic carbocycles. The fraction of sp³-hybridized carbons (Fsp3) is 0.444. The molecule has 2 heterocycles. The summed E-state index contributed by atoms with van der Waals surface area (Å²) in [6, 6.07) is 9.97. The fourth-order valence-corrected chi connectivity index (χ4v) is 4.73. The zero-order valence-electron chi connectivity index (χ0n) is 15.2. The van der Waals surface area contributed by atoms with E-state index >= 15 is 0 Å². The number of rotatable bonds is 7. The summed E-state index contributed by atoms with van der Waals surface area (Å²) in [6.07, 6.45) is 0.792. The molecule has 2 N–H and O–H groups in total. The predicted octanol–water partition coefficient (Wildman–Crippen LogP) is 1.96. The van der Waals surface area contributed by atoms with Crippen LogP contribution in [0.4, 0.5) is 5.13 Å². The summed E-state index contributed by atoms with van der Waals surface area (Å²) in [5.74, 6) is -0.0587. The van der Waals surface area contributed by atoms with Gasteiger partial charge in [0.1, 0.15) is 0 Å². The summed E-state index contributed by atoms with van der Waals surface area (Å²) >= 11 is 2.76. The van der Waals surface area contributed by atoms with Gasteiger partial charge in [-0.05, 0) is 12.0 Å². The summed E-state index contributed by atoms with van der Waals surface area (Å²) in [7, 11) is 0. The smallest absolute Gasteiger partial charge is 0.230 e. The molecule has 1 aromatic heterocycles. The van der Waals surface area contributed by atoms with Crippen molar-refractivity contribution in [2.24, 2.45) is 5.73 Å². The van der Waals surface area contributed by atoms with E-state index in [1.807, 2.05) is 35.2 Å². The first-order chi connectivity index (χ1) is 13.1. The minimum absolute atomic E-state index is 0.0870. The van der Waals surface area contributed by atoms with Crippen LogP contribution < -0.4 is 10.6 Å². The van der Waals surface area contributed by atoms with E-state index in [0.717, 1.165) is 34.5 Å². The maximum Gasteiger partial charge on any atom is 0.230 e. The topological polar surface area (TPSA) is 92.4 Å². The van der Waals surface area contributed by atoms with Crippen molar-refractivity contribution in [3.05, 3.63) is 35.9 Å².